The van der Waals surface area contributed by atoms with E-state index in [2.05, 4.69) is 15.6 Å². The molecule has 1 amide bonds. The van der Waals surface area contributed by atoms with Crippen LogP contribution in [0.3, 0.4) is 0 Å². The molecular formula is C14H20ClN3O. The molecule has 19 heavy (non-hydrogen) atoms. The molecule has 0 saturated carbocycles. The number of carbonyl (C=O) groups is 1. The number of halogens is 1. The number of aromatic nitrogens is 1. The Hall–Kier alpha value is -1.13. The summed E-state index contributed by atoms with van der Waals surface area (Å²) in [5.41, 5.74) is 0.291. The molecule has 1 aliphatic rings. The number of pyridine rings is 1. The lowest BCUT2D eigenvalue weighted by Gasteiger charge is -2.36. The van der Waals surface area contributed by atoms with Gasteiger partial charge < -0.3 is 10.6 Å². The topological polar surface area (TPSA) is 54.0 Å². The molecule has 4 nitrogen and oxygen atoms in total. The summed E-state index contributed by atoms with van der Waals surface area (Å²) in [5, 5.41) is 6.70. The predicted molar refractivity (Wildman–Crippen MR) is 77.3 cm³/mol. The zero-order valence-corrected chi connectivity index (χ0v) is 12.1. The van der Waals surface area contributed by atoms with Gasteiger partial charge in [-0.15, -0.1) is 0 Å². The first-order valence-corrected chi connectivity index (χ1v) is 7.01. The highest BCUT2D eigenvalue weighted by atomic mass is 35.5. The van der Waals surface area contributed by atoms with Gasteiger partial charge >= 0.3 is 0 Å². The van der Waals surface area contributed by atoms with E-state index >= 15 is 0 Å². The molecular weight excluding hydrogens is 262 g/mol. The van der Waals surface area contributed by atoms with Gasteiger partial charge in [-0.1, -0.05) is 25.4 Å². The summed E-state index contributed by atoms with van der Waals surface area (Å²) in [6.07, 6.45) is 3.80. The number of nitrogens with zero attached hydrogens (tertiary/aromatic N) is 1. The van der Waals surface area contributed by atoms with Gasteiger partial charge in [0.05, 0.1) is 11.9 Å². The van der Waals surface area contributed by atoms with Crippen molar-refractivity contribution in [3.05, 3.63) is 23.5 Å². The first kappa shape index (κ1) is 14.3. The van der Waals surface area contributed by atoms with Crippen molar-refractivity contribution in [1.82, 2.24) is 10.3 Å². The Bertz CT molecular complexity index is 439. The molecule has 2 N–H and O–H groups in total. The van der Waals surface area contributed by atoms with Crippen LogP contribution in [0.4, 0.5) is 5.69 Å². The van der Waals surface area contributed by atoms with Crippen molar-refractivity contribution in [2.45, 2.75) is 26.7 Å². The molecule has 1 aromatic rings. The molecule has 1 aromatic heterocycles. The maximum absolute atomic E-state index is 12.4. The Morgan fingerprint density at radius 1 is 1.53 bits per heavy atom. The van der Waals surface area contributed by atoms with Gasteiger partial charge in [0.25, 0.3) is 0 Å². The van der Waals surface area contributed by atoms with Gasteiger partial charge in [-0.05, 0) is 44.0 Å². The number of rotatable bonds is 3. The molecule has 1 fully saturated rings. The summed E-state index contributed by atoms with van der Waals surface area (Å²) in [5.74, 6) is 0.395. The Kier molecular flexibility index (Phi) is 4.42. The molecule has 5 heteroatoms. The van der Waals surface area contributed by atoms with Crippen LogP contribution in [-0.4, -0.2) is 24.0 Å². The lowest BCUT2D eigenvalue weighted by molar-refractivity contribution is -0.127. The molecule has 0 aromatic carbocycles. The summed E-state index contributed by atoms with van der Waals surface area (Å²) in [4.78, 5) is 16.4. The second-order valence-electron chi connectivity index (χ2n) is 5.59. The first-order valence-electron chi connectivity index (χ1n) is 6.64. The molecule has 0 radical (unpaired) electrons. The number of carbonyl (C=O) groups excluding carboxylic acids is 1. The fraction of sp³-hybridized carbons (Fsp3) is 0.571. The summed E-state index contributed by atoms with van der Waals surface area (Å²) in [6.45, 7) is 5.96. The van der Waals surface area contributed by atoms with Crippen LogP contribution in [0.1, 0.15) is 26.7 Å². The molecule has 2 rings (SSSR count). The van der Waals surface area contributed by atoms with Gasteiger partial charge in [-0.2, -0.15) is 0 Å². The fourth-order valence-corrected chi connectivity index (χ4v) is 2.51. The standard InChI is InChI=1S/C14H20ClN3O/c1-14(2,10-4-3-7-16-8-10)13(19)18-11-5-6-12(15)17-9-11/h5-6,9-10,16H,3-4,7-8H2,1-2H3,(H,18,19). The third-order valence-electron chi connectivity index (χ3n) is 3.89. The molecule has 1 atom stereocenters. The molecule has 1 aliphatic heterocycles. The van der Waals surface area contributed by atoms with Gasteiger partial charge in [0.1, 0.15) is 5.15 Å². The first-order chi connectivity index (χ1) is 9.00. The number of hydrogen-bond donors (Lipinski definition) is 2. The van der Waals surface area contributed by atoms with Crippen LogP contribution >= 0.6 is 11.6 Å². The van der Waals surface area contributed by atoms with E-state index in [1.165, 1.54) is 0 Å². The van der Waals surface area contributed by atoms with Crippen LogP contribution in [0.15, 0.2) is 18.3 Å². The van der Waals surface area contributed by atoms with E-state index in [1.807, 2.05) is 13.8 Å². The van der Waals surface area contributed by atoms with Crippen LogP contribution < -0.4 is 10.6 Å². The van der Waals surface area contributed by atoms with E-state index in [9.17, 15) is 4.79 Å². The summed E-state index contributed by atoms with van der Waals surface area (Å²) >= 11 is 5.73. The van der Waals surface area contributed by atoms with Crippen molar-refractivity contribution < 1.29 is 4.79 Å². The fourth-order valence-electron chi connectivity index (χ4n) is 2.40. The molecule has 0 spiro atoms. The van der Waals surface area contributed by atoms with Gasteiger partial charge in [-0.3, -0.25) is 4.79 Å². The van der Waals surface area contributed by atoms with Crippen molar-refractivity contribution in [2.24, 2.45) is 11.3 Å². The average molecular weight is 282 g/mol. The van der Waals surface area contributed by atoms with Crippen molar-refractivity contribution in [3.8, 4) is 0 Å². The number of amides is 1. The van der Waals surface area contributed by atoms with Crippen molar-refractivity contribution >= 4 is 23.2 Å². The Morgan fingerprint density at radius 3 is 2.89 bits per heavy atom. The van der Waals surface area contributed by atoms with Gasteiger partial charge in [-0.25, -0.2) is 4.98 Å². The highest BCUT2D eigenvalue weighted by Crippen LogP contribution is 2.33. The maximum atomic E-state index is 12.4. The van der Waals surface area contributed by atoms with Gasteiger partial charge in [0.2, 0.25) is 5.91 Å². The van der Waals surface area contributed by atoms with Crippen LogP contribution in [0.2, 0.25) is 5.15 Å². The number of anilines is 1. The van der Waals surface area contributed by atoms with Gasteiger partial charge in [0, 0.05) is 5.41 Å². The molecule has 1 saturated heterocycles. The minimum atomic E-state index is -0.396. The van der Waals surface area contributed by atoms with Gasteiger partial charge in [0.15, 0.2) is 0 Å². The van der Waals surface area contributed by atoms with Crippen LogP contribution in [0.25, 0.3) is 0 Å². The average Bonchev–Trinajstić information content (AvgIpc) is 2.42. The number of hydrogen-bond acceptors (Lipinski definition) is 3. The molecule has 104 valence electrons. The highest BCUT2D eigenvalue weighted by Gasteiger charge is 2.37. The zero-order chi connectivity index (χ0) is 13.9. The summed E-state index contributed by atoms with van der Waals surface area (Å²) < 4.78 is 0. The van der Waals surface area contributed by atoms with E-state index in [0.717, 1.165) is 25.9 Å². The van der Waals surface area contributed by atoms with Crippen LogP contribution in [0.5, 0.6) is 0 Å². The van der Waals surface area contributed by atoms with Crippen molar-refractivity contribution in [2.75, 3.05) is 18.4 Å². The number of piperidine rings is 1. The van der Waals surface area contributed by atoms with Crippen LogP contribution in [-0.2, 0) is 4.79 Å². The SMILES string of the molecule is CC(C)(C(=O)Nc1ccc(Cl)nc1)C1CCCNC1. The normalized spacial score (nSPS) is 20.1. The molecule has 1 unspecified atom stereocenters. The molecule has 2 heterocycles. The largest absolute Gasteiger partial charge is 0.324 e. The minimum absolute atomic E-state index is 0.0327. The van der Waals surface area contributed by atoms with E-state index in [0.29, 0.717) is 16.8 Å². The minimum Gasteiger partial charge on any atom is -0.324 e. The zero-order valence-electron chi connectivity index (χ0n) is 11.4. The van der Waals surface area contributed by atoms with E-state index in [1.54, 1.807) is 18.3 Å². The van der Waals surface area contributed by atoms with E-state index in [-0.39, 0.29) is 5.91 Å². The molecule has 0 bridgehead atoms. The number of nitrogens with one attached hydrogen (secondary N) is 2. The van der Waals surface area contributed by atoms with E-state index < -0.39 is 5.41 Å². The smallest absolute Gasteiger partial charge is 0.230 e. The monoisotopic (exact) mass is 281 g/mol. The maximum Gasteiger partial charge on any atom is 0.230 e. The Morgan fingerprint density at radius 2 is 2.32 bits per heavy atom. The Balaban J connectivity index is 2.03. The van der Waals surface area contributed by atoms with Crippen molar-refractivity contribution in [1.29, 1.82) is 0 Å². The third kappa shape index (κ3) is 3.45. The summed E-state index contributed by atoms with van der Waals surface area (Å²) in [6, 6.07) is 3.44. The quantitative estimate of drug-likeness (QED) is 0.838. The summed E-state index contributed by atoms with van der Waals surface area (Å²) in [7, 11) is 0. The van der Waals surface area contributed by atoms with Crippen LogP contribution in [0, 0.1) is 11.3 Å². The van der Waals surface area contributed by atoms with E-state index in [4.69, 9.17) is 11.6 Å². The Labute approximate surface area is 118 Å². The second-order valence-corrected chi connectivity index (χ2v) is 5.98. The molecule has 0 aliphatic carbocycles. The third-order valence-corrected chi connectivity index (χ3v) is 4.11. The second kappa shape index (κ2) is 5.88. The lowest BCUT2D eigenvalue weighted by atomic mass is 9.74. The highest BCUT2D eigenvalue weighted by molar-refractivity contribution is 6.29. The predicted octanol–water partition coefficient (Wildman–Crippen LogP) is 2.70. The van der Waals surface area contributed by atoms with Crippen molar-refractivity contribution in [3.63, 3.8) is 0 Å². The lowest BCUT2D eigenvalue weighted by Crippen LogP contribution is -2.44.